The highest BCUT2D eigenvalue weighted by atomic mass is 79.9. The monoisotopic (exact) mass is 673 g/mol. The van der Waals surface area contributed by atoms with Crippen molar-refractivity contribution in [2.24, 2.45) is 11.8 Å². The number of sulfonamides is 1. The van der Waals surface area contributed by atoms with Crippen LogP contribution in [0.25, 0.3) is 0 Å². The topological polar surface area (TPSA) is 81.7 Å². The normalized spacial score (nSPS) is 23.3. The summed E-state index contributed by atoms with van der Waals surface area (Å²) in [6.45, 7) is 10.5. The molecule has 1 N–H and O–H groups in total. The van der Waals surface area contributed by atoms with Gasteiger partial charge in [-0.05, 0) is 95.9 Å². The molecule has 0 saturated carbocycles. The lowest BCUT2D eigenvalue weighted by Crippen LogP contribution is -2.54. The number of rotatable bonds is 6. The fourth-order valence-corrected chi connectivity index (χ4v) is 8.14. The van der Waals surface area contributed by atoms with E-state index in [9.17, 15) is 13.2 Å². The van der Waals surface area contributed by atoms with E-state index in [2.05, 4.69) is 59.6 Å². The van der Waals surface area contributed by atoms with Gasteiger partial charge in [-0.2, -0.15) is 0 Å². The summed E-state index contributed by atoms with van der Waals surface area (Å²) in [4.78, 5) is 13.8. The molecular formula is C33H37BrClNO5S. The maximum atomic E-state index is 13.8. The number of carbonyl (C=O) groups excluding carboxylic acids is 1. The van der Waals surface area contributed by atoms with Crippen LogP contribution in [-0.4, -0.2) is 26.0 Å². The van der Waals surface area contributed by atoms with Crippen molar-refractivity contribution in [3.8, 4) is 5.75 Å². The van der Waals surface area contributed by atoms with Gasteiger partial charge in [0.15, 0.2) is 0 Å². The van der Waals surface area contributed by atoms with Crippen LogP contribution in [0.2, 0.25) is 5.02 Å². The molecule has 5 rings (SSSR count). The largest absolute Gasteiger partial charge is 0.487 e. The molecule has 0 aromatic heterocycles. The van der Waals surface area contributed by atoms with Gasteiger partial charge in [0.25, 0.3) is 10.0 Å². The van der Waals surface area contributed by atoms with E-state index in [1.807, 2.05) is 38.1 Å². The van der Waals surface area contributed by atoms with Crippen molar-refractivity contribution in [2.75, 3.05) is 0 Å². The standard InChI is InChI=1S/C33H37BrClNO5S/c1-32(2,3)21-13-16-23-28(18-21)41-33(4,5)25-19-24(31(37)36-42(38,39)29-9-7-6-8-26(29)34)27(40-30(23)25)17-12-20-10-14-22(35)15-11-20/h6-11,13-16,18,24-25,27,30H,12,17,19H2,1-5H3,(H,36,37)/t24-,25-,27-,30+/m0/s1. The van der Waals surface area contributed by atoms with Crippen molar-refractivity contribution in [3.05, 3.63) is 92.9 Å². The molecule has 224 valence electrons. The Morgan fingerprint density at radius 1 is 1.07 bits per heavy atom. The Balaban J connectivity index is 1.48. The molecule has 2 aliphatic rings. The number of hydrogen-bond donors (Lipinski definition) is 1. The van der Waals surface area contributed by atoms with Crippen LogP contribution in [0.3, 0.4) is 0 Å². The van der Waals surface area contributed by atoms with Gasteiger partial charge in [0.1, 0.15) is 16.2 Å². The second kappa shape index (κ2) is 11.6. The summed E-state index contributed by atoms with van der Waals surface area (Å²) in [5.74, 6) is -0.646. The number of nitrogens with one attached hydrogen (secondary N) is 1. The summed E-state index contributed by atoms with van der Waals surface area (Å²) >= 11 is 9.39. The molecule has 0 unspecified atom stereocenters. The minimum Gasteiger partial charge on any atom is -0.487 e. The zero-order valence-corrected chi connectivity index (χ0v) is 27.6. The van der Waals surface area contributed by atoms with E-state index >= 15 is 0 Å². The van der Waals surface area contributed by atoms with Gasteiger partial charge in [0, 0.05) is 21.0 Å². The first-order valence-corrected chi connectivity index (χ1v) is 16.9. The molecule has 4 atom stereocenters. The van der Waals surface area contributed by atoms with Gasteiger partial charge in [-0.15, -0.1) is 0 Å². The number of aryl methyl sites for hydroxylation is 1. The zero-order chi connectivity index (χ0) is 30.4. The Bertz CT molecular complexity index is 1580. The van der Waals surface area contributed by atoms with Gasteiger partial charge < -0.3 is 9.47 Å². The van der Waals surface area contributed by atoms with E-state index in [0.29, 0.717) is 28.8 Å². The maximum absolute atomic E-state index is 13.8. The van der Waals surface area contributed by atoms with Gasteiger partial charge in [-0.3, -0.25) is 4.79 Å². The number of fused-ring (bicyclic) bond motifs is 3. The van der Waals surface area contributed by atoms with Crippen LogP contribution in [0.15, 0.2) is 76.1 Å². The van der Waals surface area contributed by atoms with Crippen LogP contribution in [0.4, 0.5) is 0 Å². The van der Waals surface area contributed by atoms with Crippen LogP contribution in [0.1, 0.15) is 70.3 Å². The predicted octanol–water partition coefficient (Wildman–Crippen LogP) is 7.77. The van der Waals surface area contributed by atoms with Crippen LogP contribution >= 0.6 is 27.5 Å². The smallest absolute Gasteiger partial charge is 0.265 e. The number of amides is 1. The lowest BCUT2D eigenvalue weighted by Gasteiger charge is -2.51. The first kappa shape index (κ1) is 31.0. The lowest BCUT2D eigenvalue weighted by molar-refractivity contribution is -0.179. The predicted molar refractivity (Wildman–Crippen MR) is 168 cm³/mol. The molecule has 2 aliphatic heterocycles. The van der Waals surface area contributed by atoms with Crippen LogP contribution in [0, 0.1) is 11.8 Å². The summed E-state index contributed by atoms with van der Waals surface area (Å²) < 4.78 is 42.7. The highest BCUT2D eigenvalue weighted by molar-refractivity contribution is 9.10. The third kappa shape index (κ3) is 6.42. The molecule has 1 saturated heterocycles. The summed E-state index contributed by atoms with van der Waals surface area (Å²) in [6, 6.07) is 20.3. The molecular weight excluding hydrogens is 638 g/mol. The Hall–Kier alpha value is -2.39. The molecule has 1 fully saturated rings. The van der Waals surface area contributed by atoms with Crippen molar-refractivity contribution in [1.29, 1.82) is 0 Å². The van der Waals surface area contributed by atoms with E-state index in [1.54, 1.807) is 18.2 Å². The highest BCUT2D eigenvalue weighted by Gasteiger charge is 2.52. The van der Waals surface area contributed by atoms with E-state index in [1.165, 1.54) is 11.6 Å². The first-order chi connectivity index (χ1) is 19.7. The quantitative estimate of drug-likeness (QED) is 0.289. The average Bonchev–Trinajstić information content (AvgIpc) is 2.91. The Morgan fingerprint density at radius 2 is 1.76 bits per heavy atom. The highest BCUT2D eigenvalue weighted by Crippen LogP contribution is 2.53. The lowest BCUT2D eigenvalue weighted by atomic mass is 9.70. The van der Waals surface area contributed by atoms with Gasteiger partial charge in [-0.25, -0.2) is 13.1 Å². The number of halogens is 2. The SMILES string of the molecule is CC(C)(C)c1ccc2c(c1)OC(C)(C)[C@H]1C[C@H](C(=O)NS(=O)(=O)c3ccccc3Br)[C@H](CCc3ccc(Cl)cc3)O[C@H]21. The van der Waals surface area contributed by atoms with E-state index in [4.69, 9.17) is 21.1 Å². The summed E-state index contributed by atoms with van der Waals surface area (Å²) in [5.41, 5.74) is 2.50. The molecule has 0 radical (unpaired) electrons. The molecule has 3 aromatic carbocycles. The van der Waals surface area contributed by atoms with Gasteiger partial charge in [-0.1, -0.05) is 68.8 Å². The number of carbonyl (C=O) groups is 1. The second-order valence-corrected chi connectivity index (χ2v) is 15.8. The first-order valence-electron chi connectivity index (χ1n) is 14.2. The molecule has 0 spiro atoms. The summed E-state index contributed by atoms with van der Waals surface area (Å²) in [7, 11) is -4.11. The molecule has 42 heavy (non-hydrogen) atoms. The minimum atomic E-state index is -4.11. The fourth-order valence-electron chi connectivity index (χ4n) is 5.98. The van der Waals surface area contributed by atoms with Crippen molar-refractivity contribution < 1.29 is 22.7 Å². The van der Waals surface area contributed by atoms with Gasteiger partial charge in [0.2, 0.25) is 5.91 Å². The van der Waals surface area contributed by atoms with Crippen LogP contribution in [-0.2, 0) is 31.4 Å². The molecule has 0 bridgehead atoms. The molecule has 2 heterocycles. The van der Waals surface area contributed by atoms with Crippen molar-refractivity contribution >= 4 is 43.5 Å². The molecule has 1 amide bonds. The van der Waals surface area contributed by atoms with Crippen molar-refractivity contribution in [3.63, 3.8) is 0 Å². The third-order valence-electron chi connectivity index (χ3n) is 8.42. The van der Waals surface area contributed by atoms with E-state index in [0.717, 1.165) is 16.9 Å². The van der Waals surface area contributed by atoms with Gasteiger partial charge >= 0.3 is 0 Å². The van der Waals surface area contributed by atoms with E-state index < -0.39 is 33.6 Å². The maximum Gasteiger partial charge on any atom is 0.265 e. The summed E-state index contributed by atoms with van der Waals surface area (Å²) in [6.07, 6.45) is 0.794. The zero-order valence-electron chi connectivity index (χ0n) is 24.5. The summed E-state index contributed by atoms with van der Waals surface area (Å²) in [5, 5.41) is 0.653. The van der Waals surface area contributed by atoms with Gasteiger partial charge in [0.05, 0.1) is 18.1 Å². The molecule has 6 nitrogen and oxygen atoms in total. The minimum absolute atomic E-state index is 0.00979. The molecule has 9 heteroatoms. The number of hydrogen-bond acceptors (Lipinski definition) is 5. The Kier molecular flexibility index (Phi) is 8.58. The van der Waals surface area contributed by atoms with Crippen LogP contribution < -0.4 is 9.46 Å². The van der Waals surface area contributed by atoms with Crippen molar-refractivity contribution in [1.82, 2.24) is 4.72 Å². The fraction of sp³-hybridized carbons (Fsp3) is 0.424. The Morgan fingerprint density at radius 3 is 2.43 bits per heavy atom. The molecule has 3 aromatic rings. The second-order valence-electron chi connectivity index (χ2n) is 12.8. The Labute approximate surface area is 262 Å². The number of ether oxygens (including phenoxy) is 2. The van der Waals surface area contributed by atoms with Crippen LogP contribution in [0.5, 0.6) is 5.75 Å². The number of benzene rings is 3. The van der Waals surface area contributed by atoms with Crippen molar-refractivity contribution in [2.45, 2.75) is 82.0 Å². The van der Waals surface area contributed by atoms with E-state index in [-0.39, 0.29) is 22.3 Å². The molecule has 0 aliphatic carbocycles. The average molecular weight is 675 g/mol. The third-order valence-corrected chi connectivity index (χ3v) is 11.0.